The van der Waals surface area contributed by atoms with Gasteiger partial charge in [-0.2, -0.15) is 23.5 Å². The molecule has 0 amide bonds. The topological polar surface area (TPSA) is 127 Å². The van der Waals surface area contributed by atoms with Gasteiger partial charge in [0.1, 0.15) is 12.2 Å². The van der Waals surface area contributed by atoms with Gasteiger partial charge in [0.05, 0.1) is 0 Å². The maximum atomic E-state index is 12.0. The van der Waals surface area contributed by atoms with Crippen molar-refractivity contribution in [3.63, 3.8) is 0 Å². The molecule has 0 heterocycles. The van der Waals surface area contributed by atoms with Gasteiger partial charge >= 0.3 is 23.9 Å². The number of hydrogen-bond acceptors (Lipinski definition) is 10. The number of carboxylic acids is 2. The Bertz CT molecular complexity index is 1040. The fourth-order valence-corrected chi connectivity index (χ4v) is 7.18. The van der Waals surface area contributed by atoms with Crippen LogP contribution in [-0.4, -0.2) is 80.8 Å². The van der Waals surface area contributed by atoms with Crippen LogP contribution < -0.4 is 0 Å². The van der Waals surface area contributed by atoms with E-state index in [2.05, 4.69) is 0 Å². The molecule has 0 fully saturated rings. The van der Waals surface area contributed by atoms with Crippen LogP contribution in [0.4, 0.5) is 0 Å². The van der Waals surface area contributed by atoms with Crippen molar-refractivity contribution in [3.8, 4) is 0 Å². The van der Waals surface area contributed by atoms with Crippen LogP contribution in [0.15, 0.2) is 94.8 Å². The normalized spacial score (nSPS) is 12.7. The van der Waals surface area contributed by atoms with Crippen LogP contribution in [-0.2, 0) is 28.7 Å². The fourth-order valence-electron chi connectivity index (χ4n) is 2.88. The molecule has 2 atom stereocenters. The first-order chi connectivity index (χ1) is 19.3. The van der Waals surface area contributed by atoms with Crippen LogP contribution in [0.25, 0.3) is 0 Å². The molecule has 0 aromatic heterocycles. The molecule has 0 aliphatic carbocycles. The Labute approximate surface area is 250 Å². The highest BCUT2D eigenvalue weighted by molar-refractivity contribution is 8.03. The molecule has 2 N–H and O–H groups in total. The second-order valence-electron chi connectivity index (χ2n) is 7.86. The minimum atomic E-state index is -1.22. The Kier molecular flexibility index (Phi) is 16.8. The minimum Gasteiger partial charge on any atom is -0.478 e. The third kappa shape index (κ3) is 16.3. The lowest BCUT2D eigenvalue weighted by molar-refractivity contribution is -0.142. The average Bonchev–Trinajstić information content (AvgIpc) is 2.95. The van der Waals surface area contributed by atoms with Crippen molar-refractivity contribution in [3.05, 3.63) is 85.0 Å². The van der Waals surface area contributed by atoms with Crippen molar-refractivity contribution in [2.45, 2.75) is 22.0 Å². The second kappa shape index (κ2) is 20.1. The summed E-state index contributed by atoms with van der Waals surface area (Å²) < 4.78 is 11.0. The summed E-state index contributed by atoms with van der Waals surface area (Å²) >= 11 is 6.32. The number of esters is 2. The highest BCUT2D eigenvalue weighted by Crippen LogP contribution is 2.23. The predicted octanol–water partition coefficient (Wildman–Crippen LogP) is 5.14. The van der Waals surface area contributed by atoms with Crippen molar-refractivity contribution in [1.82, 2.24) is 0 Å². The first-order valence-electron chi connectivity index (χ1n) is 12.1. The van der Waals surface area contributed by atoms with Crippen molar-refractivity contribution >= 4 is 70.9 Å². The van der Waals surface area contributed by atoms with E-state index in [1.807, 2.05) is 60.7 Å². The molecule has 2 aromatic rings. The predicted molar refractivity (Wildman–Crippen MR) is 162 cm³/mol. The van der Waals surface area contributed by atoms with Crippen LogP contribution in [0.3, 0.4) is 0 Å². The number of benzene rings is 2. The van der Waals surface area contributed by atoms with Gasteiger partial charge in [0, 0.05) is 68.6 Å². The van der Waals surface area contributed by atoms with E-state index in [1.165, 1.54) is 0 Å². The van der Waals surface area contributed by atoms with E-state index in [-0.39, 0.29) is 0 Å². The summed E-state index contributed by atoms with van der Waals surface area (Å²) in [6.45, 7) is 0. The van der Waals surface area contributed by atoms with Gasteiger partial charge in [-0.05, 0) is 24.3 Å². The van der Waals surface area contributed by atoms with Crippen LogP contribution in [0.1, 0.15) is 0 Å². The quantitative estimate of drug-likeness (QED) is 0.0932. The molecule has 0 spiro atoms. The van der Waals surface area contributed by atoms with E-state index < -0.39 is 36.1 Å². The van der Waals surface area contributed by atoms with E-state index >= 15 is 0 Å². The van der Waals surface area contributed by atoms with Crippen molar-refractivity contribution in [1.29, 1.82) is 0 Å². The molecular weight excluding hydrogens is 593 g/mol. The highest BCUT2D eigenvalue weighted by atomic mass is 32.2. The number of carboxylic acid groups (broad SMARTS) is 2. The summed E-state index contributed by atoms with van der Waals surface area (Å²) in [4.78, 5) is 47.5. The Hall–Kier alpha value is -2.80. The summed E-state index contributed by atoms with van der Waals surface area (Å²) in [6.07, 6.45) is 2.49. The SMILES string of the molecule is O=C(O)C=CC(=O)OC(CSCCSCC(CSc1ccccc1)OC(=O)C=CC(=O)O)CSc1ccccc1. The molecular formula is C28H30O8S4. The summed E-state index contributed by atoms with van der Waals surface area (Å²) in [5.74, 6) is -0.210. The molecule has 214 valence electrons. The van der Waals surface area contributed by atoms with E-state index in [0.717, 1.165) is 45.6 Å². The zero-order chi connectivity index (χ0) is 29.0. The van der Waals surface area contributed by atoms with Gasteiger partial charge in [0.15, 0.2) is 0 Å². The van der Waals surface area contributed by atoms with Gasteiger partial charge in [0.25, 0.3) is 0 Å². The van der Waals surface area contributed by atoms with Gasteiger partial charge in [-0.15, -0.1) is 23.5 Å². The van der Waals surface area contributed by atoms with Gasteiger partial charge in [-0.25, -0.2) is 19.2 Å². The van der Waals surface area contributed by atoms with Crippen LogP contribution in [0.5, 0.6) is 0 Å². The largest absolute Gasteiger partial charge is 0.478 e. The maximum Gasteiger partial charge on any atom is 0.331 e. The lowest BCUT2D eigenvalue weighted by atomic mass is 10.4. The number of carbonyl (C=O) groups excluding carboxylic acids is 2. The molecule has 0 bridgehead atoms. The van der Waals surface area contributed by atoms with Crippen molar-refractivity contribution < 1.29 is 38.9 Å². The van der Waals surface area contributed by atoms with Crippen molar-refractivity contribution in [2.75, 3.05) is 34.5 Å². The first-order valence-corrected chi connectivity index (χ1v) is 16.3. The Morgan fingerprint density at radius 2 is 0.975 bits per heavy atom. The smallest absolute Gasteiger partial charge is 0.331 e. The zero-order valence-corrected chi connectivity index (χ0v) is 24.7. The zero-order valence-electron chi connectivity index (χ0n) is 21.5. The van der Waals surface area contributed by atoms with Crippen LogP contribution in [0, 0.1) is 0 Å². The number of hydrogen-bond donors (Lipinski definition) is 2. The monoisotopic (exact) mass is 622 g/mol. The Morgan fingerprint density at radius 3 is 1.32 bits per heavy atom. The van der Waals surface area contributed by atoms with Crippen molar-refractivity contribution in [2.24, 2.45) is 0 Å². The summed E-state index contributed by atoms with van der Waals surface area (Å²) in [7, 11) is 0. The number of thioether (sulfide) groups is 4. The fraction of sp³-hybridized carbons (Fsp3) is 0.286. The van der Waals surface area contributed by atoms with Gasteiger partial charge in [-0.1, -0.05) is 36.4 Å². The number of ether oxygens (including phenoxy) is 2. The average molecular weight is 623 g/mol. The minimum absolute atomic E-state index is 0.414. The third-order valence-electron chi connectivity index (χ3n) is 4.63. The molecule has 8 nitrogen and oxygen atoms in total. The molecule has 12 heteroatoms. The lowest BCUT2D eigenvalue weighted by Crippen LogP contribution is -2.23. The van der Waals surface area contributed by atoms with E-state index in [9.17, 15) is 19.2 Å². The number of aliphatic carboxylic acids is 2. The van der Waals surface area contributed by atoms with E-state index in [0.29, 0.717) is 23.0 Å². The van der Waals surface area contributed by atoms with E-state index in [1.54, 1.807) is 47.0 Å². The molecule has 0 saturated carbocycles. The molecule has 2 rings (SSSR count). The Morgan fingerprint density at radius 1 is 0.600 bits per heavy atom. The van der Waals surface area contributed by atoms with Gasteiger partial charge in [0.2, 0.25) is 0 Å². The number of rotatable bonds is 19. The molecule has 40 heavy (non-hydrogen) atoms. The number of carbonyl (C=O) groups is 4. The maximum absolute atomic E-state index is 12.0. The molecule has 0 radical (unpaired) electrons. The van der Waals surface area contributed by atoms with Crippen LogP contribution >= 0.6 is 47.0 Å². The molecule has 2 unspecified atom stereocenters. The summed E-state index contributed by atoms with van der Waals surface area (Å²) in [5, 5.41) is 17.5. The highest BCUT2D eigenvalue weighted by Gasteiger charge is 2.16. The molecule has 0 aliphatic rings. The lowest BCUT2D eigenvalue weighted by Gasteiger charge is -2.18. The second-order valence-corrected chi connectivity index (χ2v) is 12.3. The van der Waals surface area contributed by atoms with Crippen LogP contribution in [0.2, 0.25) is 0 Å². The van der Waals surface area contributed by atoms with Gasteiger partial charge < -0.3 is 19.7 Å². The standard InChI is InChI=1S/C28H30O8S4/c29-25(30)11-13-27(33)35-21(19-39-23-7-3-1-4-8-23)17-37-15-16-38-18-22(36-28(34)14-12-26(31)32)20-40-24-9-5-2-6-10-24/h1-14,21-22H,15-20H2,(H,29,30)(H,31,32). The van der Waals surface area contributed by atoms with E-state index in [4.69, 9.17) is 19.7 Å². The molecule has 0 aliphatic heterocycles. The third-order valence-corrected chi connectivity index (χ3v) is 9.37. The molecule has 0 saturated heterocycles. The first kappa shape index (κ1) is 33.4. The Balaban J connectivity index is 1.82. The summed E-state index contributed by atoms with van der Waals surface area (Å²) in [6, 6.07) is 19.4. The summed E-state index contributed by atoms with van der Waals surface area (Å²) in [5.41, 5.74) is 0. The molecule has 2 aromatic carbocycles. The van der Waals surface area contributed by atoms with Gasteiger partial charge in [-0.3, -0.25) is 0 Å².